The Kier molecular flexibility index (Phi) is 4.73. The molecular formula is C3H4INTe. The number of aromatic nitrogens is 1. The van der Waals surface area contributed by atoms with Crippen molar-refractivity contribution in [2.24, 2.45) is 0 Å². The van der Waals surface area contributed by atoms with Crippen molar-refractivity contribution < 1.29 is 29.0 Å². The molecule has 1 N–H and O–H groups in total. The Balaban J connectivity index is 0.000000250. The summed E-state index contributed by atoms with van der Waals surface area (Å²) in [5.41, 5.74) is 0. The molecule has 0 spiro atoms. The molecule has 1 aromatic rings. The molecule has 3 heteroatoms. The van der Waals surface area contributed by atoms with Crippen LogP contribution in [0.15, 0.2) is 14.5 Å². The van der Waals surface area contributed by atoms with Gasteiger partial charge in [0, 0.05) is 0 Å². The standard InChI is InChI=1S/C3H3NTe.HI/c1-2-5-3-4-1;/h1-3H;1H. The van der Waals surface area contributed by atoms with Crippen molar-refractivity contribution in [3.63, 3.8) is 0 Å². The molecule has 1 heterocycles. The van der Waals surface area contributed by atoms with Crippen molar-refractivity contribution in [1.29, 1.82) is 0 Å². The molecule has 6 heavy (non-hydrogen) atoms. The van der Waals surface area contributed by atoms with Gasteiger partial charge in [0.2, 0.25) is 0 Å². The van der Waals surface area contributed by atoms with E-state index < -0.39 is 0 Å². The average Bonchev–Trinajstić information content (AvgIpc) is 1.76. The van der Waals surface area contributed by atoms with Crippen molar-refractivity contribution in [2.75, 3.05) is 0 Å². The summed E-state index contributed by atoms with van der Waals surface area (Å²) >= 11 is 0.188. The average molecular weight is 309 g/mol. The van der Waals surface area contributed by atoms with Crippen molar-refractivity contribution >= 4 is 20.4 Å². The molecule has 1 rings (SSSR count). The zero-order chi connectivity index (χ0) is 3.54. The van der Waals surface area contributed by atoms with Crippen LogP contribution in [0.25, 0.3) is 0 Å². The van der Waals surface area contributed by atoms with Gasteiger partial charge < -0.3 is 24.0 Å². The summed E-state index contributed by atoms with van der Waals surface area (Å²) in [5, 5.41) is 0. The fraction of sp³-hybridized carbons (Fsp3) is 0. The van der Waals surface area contributed by atoms with Gasteiger partial charge in [-0.3, -0.25) is 0 Å². The molecule has 0 aliphatic carbocycles. The van der Waals surface area contributed by atoms with Crippen LogP contribution in [0.5, 0.6) is 0 Å². The van der Waals surface area contributed by atoms with Crippen LogP contribution in [0, 0.1) is 0 Å². The monoisotopic (exact) mass is 311 g/mol. The topological polar surface area (TPSA) is 14.1 Å². The molecule has 34 valence electrons. The summed E-state index contributed by atoms with van der Waals surface area (Å²) in [5.74, 6) is 0. The molecule has 1 nitrogen and oxygen atoms in total. The Labute approximate surface area is 63.4 Å². The van der Waals surface area contributed by atoms with Gasteiger partial charge in [0.25, 0.3) is 0 Å². The van der Waals surface area contributed by atoms with Crippen LogP contribution >= 0.6 is 0 Å². The number of hydrogen-bond acceptors (Lipinski definition) is 0. The van der Waals surface area contributed by atoms with Gasteiger partial charge in [-0.25, -0.2) is 0 Å². The Hall–Kier alpha value is 0.930. The second-order valence-electron chi connectivity index (χ2n) is 0.723. The predicted molar refractivity (Wildman–Crippen MR) is 19.9 cm³/mol. The van der Waals surface area contributed by atoms with Gasteiger partial charge in [-0.05, 0) is 0 Å². The third kappa shape index (κ3) is 2.17. The first-order valence-corrected chi connectivity index (χ1v) is 4.07. The van der Waals surface area contributed by atoms with E-state index in [2.05, 4.69) is 13.3 Å². The Morgan fingerprint density at radius 2 is 2.33 bits per heavy atom. The molecule has 0 atom stereocenters. The van der Waals surface area contributed by atoms with E-state index in [0.29, 0.717) is 0 Å². The quantitative estimate of drug-likeness (QED) is 0.350. The van der Waals surface area contributed by atoms with E-state index in [1.54, 1.807) is 0 Å². The molecule has 0 aromatic carbocycles. The maximum atomic E-state index is 2.97. The van der Waals surface area contributed by atoms with Crippen LogP contribution in [0.4, 0.5) is 0 Å². The van der Waals surface area contributed by atoms with Crippen molar-refractivity contribution in [3.8, 4) is 0 Å². The Morgan fingerprint density at radius 1 is 1.50 bits per heavy atom. The number of H-pyrrole nitrogens is 1. The van der Waals surface area contributed by atoms with Gasteiger partial charge in [0.05, 0.1) is 0 Å². The first-order chi connectivity index (χ1) is 2.50. The number of aromatic amines is 1. The molecule has 0 aliphatic heterocycles. The number of hydrogen-bond donors (Lipinski definition) is 0. The van der Waals surface area contributed by atoms with Gasteiger partial charge in [0.15, 0.2) is 0 Å². The van der Waals surface area contributed by atoms with Gasteiger partial charge in [-0.1, -0.05) is 0 Å². The van der Waals surface area contributed by atoms with Crippen LogP contribution in [-0.2, 0) is 0 Å². The van der Waals surface area contributed by atoms with E-state index in [4.69, 9.17) is 0 Å². The van der Waals surface area contributed by atoms with E-state index in [-0.39, 0.29) is 44.4 Å². The summed E-state index contributed by atoms with van der Waals surface area (Å²) in [4.78, 5) is 2.97. The zero-order valence-electron chi connectivity index (χ0n) is 3.02. The van der Waals surface area contributed by atoms with Crippen LogP contribution in [0.1, 0.15) is 0 Å². The van der Waals surface area contributed by atoms with E-state index in [0.717, 1.165) is 0 Å². The zero-order valence-corrected chi connectivity index (χ0v) is 7.51. The summed E-state index contributed by atoms with van der Waals surface area (Å²) < 4.78 is 4.33. The van der Waals surface area contributed by atoms with Crippen LogP contribution < -0.4 is 29.0 Å². The first-order valence-electron chi connectivity index (χ1n) is 1.38. The molecule has 0 bridgehead atoms. The molecule has 0 radical (unpaired) electrons. The minimum absolute atomic E-state index is 0. The second-order valence-corrected chi connectivity index (χ2v) is 2.95. The molecule has 1 aromatic heterocycles. The van der Waals surface area contributed by atoms with Crippen molar-refractivity contribution in [3.05, 3.63) is 14.5 Å². The third-order valence-electron chi connectivity index (χ3n) is 0.379. The molecule has 0 fully saturated rings. The van der Waals surface area contributed by atoms with Crippen LogP contribution in [0.2, 0.25) is 0 Å². The second kappa shape index (κ2) is 4.10. The fourth-order valence-corrected chi connectivity index (χ4v) is 1.32. The van der Waals surface area contributed by atoms with Crippen molar-refractivity contribution in [2.45, 2.75) is 0 Å². The fourth-order valence-electron chi connectivity index (χ4n) is 0.196. The van der Waals surface area contributed by atoms with Crippen LogP contribution in [-0.4, -0.2) is 20.4 Å². The Morgan fingerprint density at radius 3 is 2.50 bits per heavy atom. The van der Waals surface area contributed by atoms with Gasteiger partial charge in [0.1, 0.15) is 0 Å². The minimum atomic E-state index is 0. The molecule has 0 saturated carbocycles. The summed E-state index contributed by atoms with van der Waals surface area (Å²) in [6.45, 7) is 0. The van der Waals surface area contributed by atoms with E-state index >= 15 is 0 Å². The molecule has 0 saturated heterocycles. The molecule has 0 amide bonds. The van der Waals surface area contributed by atoms with Crippen LogP contribution in [0.3, 0.4) is 0 Å². The summed E-state index contributed by atoms with van der Waals surface area (Å²) in [6, 6.07) is 0. The van der Waals surface area contributed by atoms with Gasteiger partial charge in [-0.2, -0.15) is 0 Å². The number of halogens is 1. The maximum absolute atomic E-state index is 2.97. The SMILES string of the molecule is [I-].c1c[te]c[nH+]1. The number of rotatable bonds is 0. The van der Waals surface area contributed by atoms with Crippen molar-refractivity contribution in [1.82, 2.24) is 0 Å². The summed E-state index contributed by atoms with van der Waals surface area (Å²) in [7, 11) is 0. The number of nitrogens with one attached hydrogen (secondary N) is 1. The third-order valence-corrected chi connectivity index (χ3v) is 1.99. The molecular weight excluding hydrogens is 305 g/mol. The normalized spacial score (nSPS) is 6.67. The van der Waals surface area contributed by atoms with E-state index in [9.17, 15) is 0 Å². The first kappa shape index (κ1) is 6.93. The Bertz CT molecular complexity index is 67.3. The van der Waals surface area contributed by atoms with E-state index in [1.807, 2.05) is 6.20 Å². The van der Waals surface area contributed by atoms with E-state index in [1.165, 1.54) is 0 Å². The van der Waals surface area contributed by atoms with Gasteiger partial charge in [-0.15, -0.1) is 0 Å². The predicted octanol–water partition coefficient (Wildman–Crippen LogP) is -3.44. The molecule has 0 unspecified atom stereocenters. The van der Waals surface area contributed by atoms with Gasteiger partial charge >= 0.3 is 39.9 Å². The molecule has 0 aliphatic rings. The summed E-state index contributed by atoms with van der Waals surface area (Å²) in [6.07, 6.45) is 1.99.